The average molecular weight is 151 g/mol. The van der Waals surface area contributed by atoms with Crippen molar-refractivity contribution in [1.82, 2.24) is 0 Å². The third kappa shape index (κ3) is 7.91. The monoisotopic (exact) mass is 151 g/mol. The molecule has 0 rings (SSSR count). The van der Waals surface area contributed by atoms with Gasteiger partial charge in [0.1, 0.15) is 0 Å². The van der Waals surface area contributed by atoms with Crippen molar-refractivity contribution in [3.8, 4) is 0 Å². The van der Waals surface area contributed by atoms with Crippen molar-refractivity contribution in [2.45, 2.75) is 20.3 Å². The number of nitrogens with two attached hydrogens (primary N) is 1. The minimum absolute atomic E-state index is 0.102. The second-order valence-electron chi connectivity index (χ2n) is 2.55. The summed E-state index contributed by atoms with van der Waals surface area (Å²) in [6.07, 6.45) is 0.652. The average Bonchev–Trinajstić information content (AvgIpc) is 1.59. The van der Waals surface area contributed by atoms with E-state index in [1.807, 2.05) is 13.8 Å². The number of rotatable bonds is 3. The van der Waals surface area contributed by atoms with Gasteiger partial charge < -0.3 is 0 Å². The maximum Gasteiger partial charge on any atom is 0.209 e. The van der Waals surface area contributed by atoms with Crippen LogP contribution in [0.3, 0.4) is 0 Å². The second kappa shape index (κ2) is 3.17. The van der Waals surface area contributed by atoms with Gasteiger partial charge in [-0.25, -0.2) is 13.6 Å². The van der Waals surface area contributed by atoms with Crippen LogP contribution in [-0.2, 0) is 10.0 Å². The highest BCUT2D eigenvalue weighted by atomic mass is 32.2. The number of hydrogen-bond acceptors (Lipinski definition) is 2. The number of primary sulfonamides is 1. The first-order valence-electron chi connectivity index (χ1n) is 2.92. The number of hydrogen-bond donors (Lipinski definition) is 1. The van der Waals surface area contributed by atoms with Gasteiger partial charge >= 0.3 is 0 Å². The van der Waals surface area contributed by atoms with Gasteiger partial charge in [0.05, 0.1) is 5.75 Å². The highest BCUT2D eigenvalue weighted by Gasteiger charge is 2.02. The molecule has 0 saturated heterocycles. The number of sulfonamides is 1. The zero-order valence-corrected chi connectivity index (χ0v) is 6.61. The quantitative estimate of drug-likeness (QED) is 0.631. The van der Waals surface area contributed by atoms with Crippen LogP contribution < -0.4 is 5.14 Å². The summed E-state index contributed by atoms with van der Waals surface area (Å²) in [4.78, 5) is 0. The summed E-state index contributed by atoms with van der Waals surface area (Å²) >= 11 is 0. The molecule has 56 valence electrons. The summed E-state index contributed by atoms with van der Waals surface area (Å²) < 4.78 is 20.6. The molecule has 0 unspecified atom stereocenters. The predicted molar refractivity (Wildman–Crippen MR) is 37.4 cm³/mol. The van der Waals surface area contributed by atoms with Gasteiger partial charge in [-0.05, 0) is 12.3 Å². The van der Waals surface area contributed by atoms with E-state index in [4.69, 9.17) is 5.14 Å². The van der Waals surface area contributed by atoms with Gasteiger partial charge in [-0.15, -0.1) is 0 Å². The van der Waals surface area contributed by atoms with Crippen LogP contribution in [0.4, 0.5) is 0 Å². The van der Waals surface area contributed by atoms with Crippen LogP contribution in [0.15, 0.2) is 0 Å². The van der Waals surface area contributed by atoms with Crippen molar-refractivity contribution < 1.29 is 8.42 Å². The third-order valence-corrected chi connectivity index (χ3v) is 1.78. The Balaban J connectivity index is 3.53. The summed E-state index contributed by atoms with van der Waals surface area (Å²) in [5, 5.41) is 4.76. The molecule has 0 amide bonds. The Morgan fingerprint density at radius 1 is 1.44 bits per heavy atom. The van der Waals surface area contributed by atoms with Crippen LogP contribution in [-0.4, -0.2) is 14.2 Å². The summed E-state index contributed by atoms with van der Waals surface area (Å²) in [6.45, 7) is 3.93. The summed E-state index contributed by atoms with van der Waals surface area (Å²) in [5.74, 6) is 0.508. The van der Waals surface area contributed by atoms with Crippen molar-refractivity contribution in [2.24, 2.45) is 11.1 Å². The van der Waals surface area contributed by atoms with Gasteiger partial charge in [-0.2, -0.15) is 0 Å². The molecule has 2 N–H and O–H groups in total. The molecule has 0 heterocycles. The molecule has 0 spiro atoms. The normalized spacial score (nSPS) is 12.4. The van der Waals surface area contributed by atoms with Crippen LogP contribution in [0.2, 0.25) is 0 Å². The van der Waals surface area contributed by atoms with Gasteiger partial charge in [0, 0.05) is 0 Å². The Kier molecular flexibility index (Phi) is 3.14. The van der Waals surface area contributed by atoms with E-state index in [9.17, 15) is 8.42 Å². The lowest BCUT2D eigenvalue weighted by molar-refractivity contribution is 0.575. The molecule has 0 atom stereocenters. The molecule has 0 bridgehead atoms. The van der Waals surface area contributed by atoms with Crippen LogP contribution in [0.25, 0.3) is 0 Å². The lowest BCUT2D eigenvalue weighted by atomic mass is 10.2. The van der Waals surface area contributed by atoms with Gasteiger partial charge in [0.15, 0.2) is 0 Å². The topological polar surface area (TPSA) is 60.2 Å². The van der Waals surface area contributed by atoms with E-state index in [1.165, 1.54) is 0 Å². The van der Waals surface area contributed by atoms with Crippen molar-refractivity contribution >= 4 is 10.0 Å². The molecular formula is C5H13NO2S. The molecule has 0 aromatic heterocycles. The predicted octanol–water partition coefficient (Wildman–Crippen LogP) is 0.321. The fourth-order valence-corrected chi connectivity index (χ4v) is 1.20. The van der Waals surface area contributed by atoms with Gasteiger partial charge in [0.25, 0.3) is 0 Å². The minimum Gasteiger partial charge on any atom is -0.229 e. The molecular weight excluding hydrogens is 138 g/mol. The fourth-order valence-electron chi connectivity index (χ4n) is 0.400. The van der Waals surface area contributed by atoms with E-state index < -0.39 is 10.0 Å². The molecule has 0 aliphatic heterocycles. The van der Waals surface area contributed by atoms with Gasteiger partial charge in [-0.3, -0.25) is 0 Å². The van der Waals surface area contributed by atoms with Crippen molar-refractivity contribution in [3.63, 3.8) is 0 Å². The first-order valence-corrected chi connectivity index (χ1v) is 4.64. The van der Waals surface area contributed by atoms with Crippen molar-refractivity contribution in [1.29, 1.82) is 0 Å². The maximum atomic E-state index is 10.3. The molecule has 0 radical (unpaired) electrons. The molecule has 3 nitrogen and oxygen atoms in total. The summed E-state index contributed by atoms with van der Waals surface area (Å²) in [5.41, 5.74) is 0. The van der Waals surface area contributed by atoms with E-state index >= 15 is 0 Å². The third-order valence-electron chi connectivity index (χ3n) is 0.980. The van der Waals surface area contributed by atoms with Crippen molar-refractivity contribution in [3.05, 3.63) is 0 Å². The first-order chi connectivity index (χ1) is 3.92. The second-order valence-corrected chi connectivity index (χ2v) is 4.28. The molecule has 0 fully saturated rings. The first kappa shape index (κ1) is 8.91. The Morgan fingerprint density at radius 2 is 1.89 bits per heavy atom. The van der Waals surface area contributed by atoms with Gasteiger partial charge in [-0.1, -0.05) is 13.8 Å². The summed E-state index contributed by atoms with van der Waals surface area (Å²) in [7, 11) is -3.22. The Morgan fingerprint density at radius 3 is 2.00 bits per heavy atom. The van der Waals surface area contributed by atoms with Crippen LogP contribution in [0.1, 0.15) is 20.3 Å². The molecule has 0 aromatic rings. The minimum atomic E-state index is -3.22. The van der Waals surface area contributed by atoms with E-state index in [1.54, 1.807) is 0 Å². The fraction of sp³-hybridized carbons (Fsp3) is 1.00. The molecule has 0 aliphatic carbocycles. The van der Waals surface area contributed by atoms with Gasteiger partial charge in [0.2, 0.25) is 10.0 Å². The Bertz CT molecular complexity index is 160. The maximum absolute atomic E-state index is 10.3. The molecule has 9 heavy (non-hydrogen) atoms. The standard InChI is InChI=1S/C5H13NO2S/c1-5(2)3-4-9(6,7)8/h5H,3-4H2,1-2H3,(H2,6,7,8). The largest absolute Gasteiger partial charge is 0.229 e. The lowest BCUT2D eigenvalue weighted by Gasteiger charge is -2.00. The molecule has 4 heteroatoms. The summed E-state index contributed by atoms with van der Waals surface area (Å²) in [6, 6.07) is 0. The highest BCUT2D eigenvalue weighted by molar-refractivity contribution is 7.89. The zero-order valence-electron chi connectivity index (χ0n) is 5.79. The Labute approximate surface area is 56.3 Å². The zero-order chi connectivity index (χ0) is 7.49. The molecule has 0 aliphatic rings. The molecule has 0 saturated carbocycles. The van der Waals surface area contributed by atoms with E-state index in [-0.39, 0.29) is 5.75 Å². The SMILES string of the molecule is CC(C)CCS(N)(=O)=O. The van der Waals surface area contributed by atoms with Crippen molar-refractivity contribution in [2.75, 3.05) is 5.75 Å². The van der Waals surface area contributed by atoms with Crippen LogP contribution in [0.5, 0.6) is 0 Å². The van der Waals surface area contributed by atoms with Crippen LogP contribution >= 0.6 is 0 Å². The lowest BCUT2D eigenvalue weighted by Crippen LogP contribution is -2.17. The van der Waals surface area contributed by atoms with Crippen LogP contribution in [0, 0.1) is 5.92 Å². The van der Waals surface area contributed by atoms with E-state index in [0.717, 1.165) is 0 Å². The smallest absolute Gasteiger partial charge is 0.209 e. The van der Waals surface area contributed by atoms with E-state index in [0.29, 0.717) is 12.3 Å². The molecule has 0 aromatic carbocycles. The Hall–Kier alpha value is -0.0900. The van der Waals surface area contributed by atoms with E-state index in [2.05, 4.69) is 0 Å². The highest BCUT2D eigenvalue weighted by Crippen LogP contribution is 1.99.